The number of nitrogens with one attached hydrogen (secondary N) is 2. The molecule has 0 radical (unpaired) electrons. The van der Waals surface area contributed by atoms with Crippen LogP contribution in [0.3, 0.4) is 0 Å². The lowest BCUT2D eigenvalue weighted by atomic mass is 9.84. The third-order valence-electron chi connectivity index (χ3n) is 9.79. The van der Waals surface area contributed by atoms with Crippen LogP contribution in [0.4, 0.5) is 5.69 Å². The van der Waals surface area contributed by atoms with E-state index in [1.165, 1.54) is 70.9 Å². The first kappa shape index (κ1) is 29.6. The number of rotatable bonds is 5. The molecule has 236 valence electrons. The number of nitrogens with zero attached hydrogens (tertiary/aromatic N) is 1. The summed E-state index contributed by atoms with van der Waals surface area (Å²) in [6.07, 6.45) is 5.90. The molecule has 50 heavy (non-hydrogen) atoms. The summed E-state index contributed by atoms with van der Waals surface area (Å²) < 4.78 is 0. The highest BCUT2D eigenvalue weighted by atomic mass is 15.3. The van der Waals surface area contributed by atoms with Crippen molar-refractivity contribution in [2.75, 3.05) is 5.43 Å². The van der Waals surface area contributed by atoms with Gasteiger partial charge in [0.25, 0.3) is 0 Å². The minimum atomic E-state index is 0.368. The molecule has 0 aliphatic heterocycles. The molecule has 0 aromatic heterocycles. The minimum Gasteiger partial charge on any atom is -0.299 e. The van der Waals surface area contributed by atoms with Gasteiger partial charge in [-0.15, -0.1) is 0 Å². The summed E-state index contributed by atoms with van der Waals surface area (Å²) in [5, 5.41) is 23.1. The van der Waals surface area contributed by atoms with Gasteiger partial charge in [-0.3, -0.25) is 10.8 Å². The number of fused-ring (bicyclic) bond motifs is 4. The lowest BCUT2D eigenvalue weighted by Gasteiger charge is -2.20. The van der Waals surface area contributed by atoms with Gasteiger partial charge in [0.05, 0.1) is 11.4 Å². The third-order valence-corrected chi connectivity index (χ3v) is 9.79. The molecule has 8 aromatic rings. The smallest absolute Gasteiger partial charge is 0.108 e. The third kappa shape index (κ3) is 5.26. The summed E-state index contributed by atoms with van der Waals surface area (Å²) in [5.41, 5.74) is 13.0. The maximum Gasteiger partial charge on any atom is 0.108 e. The van der Waals surface area contributed by atoms with E-state index in [-0.39, 0.29) is 0 Å². The van der Waals surface area contributed by atoms with Crippen LogP contribution in [0.25, 0.3) is 70.9 Å². The normalized spacial score (nSPS) is 13.8. The van der Waals surface area contributed by atoms with Crippen molar-refractivity contribution in [1.29, 1.82) is 5.41 Å². The second kappa shape index (κ2) is 12.1. The summed E-state index contributed by atoms with van der Waals surface area (Å²) in [7, 11) is 0. The van der Waals surface area contributed by atoms with Gasteiger partial charge in [-0.05, 0) is 126 Å². The molecular formula is C47H33N3. The molecule has 0 saturated heterocycles. The van der Waals surface area contributed by atoms with Crippen LogP contribution in [0.2, 0.25) is 0 Å². The van der Waals surface area contributed by atoms with E-state index in [9.17, 15) is 0 Å². The molecule has 0 saturated carbocycles. The fraction of sp³-hybridized carbons (Fsp3) is 0.0213. The number of anilines is 1. The van der Waals surface area contributed by atoms with Crippen LogP contribution in [0.5, 0.6) is 0 Å². The van der Waals surface area contributed by atoms with E-state index in [1.54, 1.807) is 0 Å². The molecule has 0 heterocycles. The van der Waals surface area contributed by atoms with E-state index in [4.69, 9.17) is 5.41 Å². The summed E-state index contributed by atoms with van der Waals surface area (Å²) in [6.45, 7) is 2.06. The van der Waals surface area contributed by atoms with Crippen LogP contribution in [-0.4, -0.2) is 11.4 Å². The van der Waals surface area contributed by atoms with Gasteiger partial charge in [0.1, 0.15) is 5.71 Å². The summed E-state index contributed by atoms with van der Waals surface area (Å²) in [6, 6.07) is 54.4. The number of hydrogen-bond donors (Lipinski definition) is 2. The van der Waals surface area contributed by atoms with Crippen molar-refractivity contribution in [3.05, 3.63) is 181 Å². The lowest BCUT2D eigenvalue weighted by molar-refractivity contribution is 1.33. The van der Waals surface area contributed by atoms with Gasteiger partial charge in [-0.1, -0.05) is 133 Å². The van der Waals surface area contributed by atoms with E-state index in [0.29, 0.717) is 11.4 Å². The van der Waals surface area contributed by atoms with Gasteiger partial charge in [-0.25, -0.2) is 0 Å². The Kier molecular flexibility index (Phi) is 7.18. The SMILES string of the molecule is Cc1ccc(N/N=C2/C=CC(c3ccc4c(-c5ccc6ccccc6c5)c5ccccc5c(-c5ccc6ccccc6c5)c4c3)=CC2=N)cc1. The fourth-order valence-electron chi connectivity index (χ4n) is 7.24. The Bertz CT molecular complexity index is 2750. The van der Waals surface area contributed by atoms with Crippen molar-refractivity contribution >= 4 is 65.8 Å². The second-order valence-corrected chi connectivity index (χ2v) is 13.0. The first-order valence-corrected chi connectivity index (χ1v) is 17.0. The summed E-state index contributed by atoms with van der Waals surface area (Å²) >= 11 is 0. The first-order chi connectivity index (χ1) is 24.6. The van der Waals surface area contributed by atoms with E-state index < -0.39 is 0 Å². The Labute approximate surface area is 291 Å². The molecule has 0 fully saturated rings. The Morgan fingerprint density at radius 3 is 1.64 bits per heavy atom. The lowest BCUT2D eigenvalue weighted by Crippen LogP contribution is -2.13. The molecule has 0 atom stereocenters. The quantitative estimate of drug-likeness (QED) is 0.110. The van der Waals surface area contributed by atoms with Gasteiger partial charge in [-0.2, -0.15) is 5.10 Å². The minimum absolute atomic E-state index is 0.368. The van der Waals surface area contributed by atoms with Gasteiger partial charge < -0.3 is 0 Å². The first-order valence-electron chi connectivity index (χ1n) is 17.0. The number of aryl methyl sites for hydroxylation is 1. The predicted molar refractivity (Wildman–Crippen MR) is 214 cm³/mol. The van der Waals surface area contributed by atoms with Crippen LogP contribution in [-0.2, 0) is 0 Å². The zero-order valence-electron chi connectivity index (χ0n) is 27.6. The maximum absolute atomic E-state index is 8.86. The molecule has 8 aromatic carbocycles. The molecule has 3 nitrogen and oxygen atoms in total. The molecule has 3 heteroatoms. The molecule has 2 N–H and O–H groups in total. The van der Waals surface area contributed by atoms with Crippen LogP contribution in [0.15, 0.2) is 175 Å². The average Bonchev–Trinajstić information content (AvgIpc) is 3.16. The fourth-order valence-corrected chi connectivity index (χ4v) is 7.24. The number of hydrogen-bond acceptors (Lipinski definition) is 3. The van der Waals surface area contributed by atoms with Gasteiger partial charge >= 0.3 is 0 Å². The average molecular weight is 640 g/mol. The van der Waals surface area contributed by atoms with E-state index >= 15 is 0 Å². The largest absolute Gasteiger partial charge is 0.299 e. The van der Waals surface area contributed by atoms with E-state index in [2.05, 4.69) is 151 Å². The van der Waals surface area contributed by atoms with Crippen molar-refractivity contribution in [3.8, 4) is 22.3 Å². The molecule has 0 amide bonds. The standard InChI is InChI=1S/C47H33N3/c1-30-14-22-39(23-15-30)49-50-45-25-21-36(29-44(45)48)35-20-24-42-43(28-35)47(38-19-17-32-9-3-5-11-34(32)27-38)41-13-7-6-12-40(41)46(42)37-18-16-31-8-2-4-10-33(31)26-37/h2-29,48-49H,1H3/b48-44?,50-45-. The number of benzene rings is 8. The Morgan fingerprint density at radius 1 is 0.480 bits per heavy atom. The van der Waals surface area contributed by atoms with Crippen molar-refractivity contribution in [1.82, 2.24) is 0 Å². The highest BCUT2D eigenvalue weighted by molar-refractivity contribution is 6.51. The van der Waals surface area contributed by atoms with Crippen LogP contribution in [0.1, 0.15) is 11.1 Å². The summed E-state index contributed by atoms with van der Waals surface area (Å²) in [4.78, 5) is 0. The molecule has 1 aliphatic rings. The molecular weight excluding hydrogens is 607 g/mol. The molecule has 9 rings (SSSR count). The van der Waals surface area contributed by atoms with E-state index in [1.807, 2.05) is 36.4 Å². The van der Waals surface area contributed by atoms with Gasteiger partial charge in [0.15, 0.2) is 0 Å². The van der Waals surface area contributed by atoms with Crippen molar-refractivity contribution in [3.63, 3.8) is 0 Å². The molecule has 0 unspecified atom stereocenters. The van der Waals surface area contributed by atoms with Gasteiger partial charge in [0.2, 0.25) is 0 Å². The topological polar surface area (TPSA) is 48.2 Å². The summed E-state index contributed by atoms with van der Waals surface area (Å²) in [5.74, 6) is 0. The number of hydrazone groups is 1. The second-order valence-electron chi connectivity index (χ2n) is 13.0. The Morgan fingerprint density at radius 2 is 1.02 bits per heavy atom. The highest BCUT2D eigenvalue weighted by Crippen LogP contribution is 2.45. The number of allylic oxidation sites excluding steroid dienone is 4. The predicted octanol–water partition coefficient (Wildman–Crippen LogP) is 12.4. The van der Waals surface area contributed by atoms with Gasteiger partial charge in [0, 0.05) is 0 Å². The molecule has 1 aliphatic carbocycles. The van der Waals surface area contributed by atoms with E-state index in [0.717, 1.165) is 16.8 Å². The van der Waals surface area contributed by atoms with Crippen molar-refractivity contribution in [2.24, 2.45) is 5.10 Å². The van der Waals surface area contributed by atoms with Crippen molar-refractivity contribution < 1.29 is 0 Å². The zero-order valence-corrected chi connectivity index (χ0v) is 27.6. The van der Waals surface area contributed by atoms with Crippen LogP contribution < -0.4 is 5.43 Å². The van der Waals surface area contributed by atoms with Crippen LogP contribution in [0, 0.1) is 12.3 Å². The zero-order chi connectivity index (χ0) is 33.6. The highest BCUT2D eigenvalue weighted by Gasteiger charge is 2.19. The molecule has 0 spiro atoms. The Hall–Kier alpha value is -6.58. The molecule has 0 bridgehead atoms. The maximum atomic E-state index is 8.86. The van der Waals surface area contributed by atoms with Crippen LogP contribution >= 0.6 is 0 Å². The van der Waals surface area contributed by atoms with Crippen molar-refractivity contribution in [2.45, 2.75) is 6.92 Å². The monoisotopic (exact) mass is 639 g/mol. The Balaban J connectivity index is 1.24.